The van der Waals surface area contributed by atoms with E-state index in [1.807, 2.05) is 24.4 Å². The second-order valence-corrected chi connectivity index (χ2v) is 10.1. The van der Waals surface area contributed by atoms with E-state index in [2.05, 4.69) is 4.98 Å². The number of ketones is 1. The lowest BCUT2D eigenvalue weighted by molar-refractivity contribution is -0.139. The summed E-state index contributed by atoms with van der Waals surface area (Å²) >= 11 is 12.4. The number of hydrogen-bond donors (Lipinski definition) is 2. The minimum atomic E-state index is -0.911. The molecule has 0 aliphatic carbocycles. The van der Waals surface area contributed by atoms with E-state index in [0.29, 0.717) is 34.3 Å². The number of nitrogens with one attached hydrogen (secondary N) is 1. The molecule has 1 aromatic heterocycles. The van der Waals surface area contributed by atoms with Crippen LogP contribution in [0.2, 0.25) is 10.0 Å². The molecule has 2 N–H and O–H groups in total. The zero-order chi connectivity index (χ0) is 28.6. The predicted molar refractivity (Wildman–Crippen MR) is 154 cm³/mol. The standard InChI is InChI=1S/C30H26Cl2N2O6/c1-38-19-6-8-23-21(14-19)17(15-33-23)10-11-34-27(16-4-9-24(39-2)25(12-16)40-3)26(29(36)30(34)37)28(35)20-7-5-18(31)13-22(20)32/h4-9,12-15,27,33,35H,10-11H2,1-3H3/t27-/m1/s1. The van der Waals surface area contributed by atoms with Gasteiger partial charge in [0.15, 0.2) is 11.5 Å². The fourth-order valence-electron chi connectivity index (χ4n) is 5.04. The summed E-state index contributed by atoms with van der Waals surface area (Å²) in [6.07, 6.45) is 2.31. The summed E-state index contributed by atoms with van der Waals surface area (Å²) < 4.78 is 16.2. The average Bonchev–Trinajstić information content (AvgIpc) is 3.48. The summed E-state index contributed by atoms with van der Waals surface area (Å²) in [6.45, 7) is 0.193. The number of methoxy groups -OCH3 is 3. The van der Waals surface area contributed by atoms with E-state index in [0.717, 1.165) is 16.5 Å². The Hall–Kier alpha value is -4.14. The Labute approximate surface area is 240 Å². The van der Waals surface area contributed by atoms with Crippen LogP contribution in [-0.4, -0.2) is 54.6 Å². The number of Topliss-reactive ketones (excluding diaryl/α,β-unsaturated/α-hetero) is 1. The summed E-state index contributed by atoms with van der Waals surface area (Å²) in [4.78, 5) is 31.6. The Balaban J connectivity index is 1.61. The number of halogens is 2. The van der Waals surface area contributed by atoms with Crippen molar-refractivity contribution < 1.29 is 28.9 Å². The number of rotatable bonds is 8. The van der Waals surface area contributed by atoms with Crippen LogP contribution in [0.3, 0.4) is 0 Å². The maximum atomic E-state index is 13.5. The molecule has 0 radical (unpaired) electrons. The highest BCUT2D eigenvalue weighted by atomic mass is 35.5. The number of carbonyl (C=O) groups excluding carboxylic acids is 2. The molecule has 0 spiro atoms. The van der Waals surface area contributed by atoms with Gasteiger partial charge in [0.25, 0.3) is 11.7 Å². The molecule has 0 unspecified atom stereocenters. The van der Waals surface area contributed by atoms with Crippen molar-refractivity contribution in [1.82, 2.24) is 9.88 Å². The highest BCUT2D eigenvalue weighted by Gasteiger charge is 2.46. The lowest BCUT2D eigenvalue weighted by Gasteiger charge is -2.26. The molecular formula is C30H26Cl2N2O6. The SMILES string of the molecule is COc1ccc2[nH]cc(CCN3C(=O)C(=O)C(=C(O)c4ccc(Cl)cc4Cl)[C@H]3c3ccc(OC)c(OC)c3)c2c1. The Morgan fingerprint density at radius 2 is 1.73 bits per heavy atom. The first-order chi connectivity index (χ1) is 19.3. The minimum Gasteiger partial charge on any atom is -0.507 e. The fourth-order valence-corrected chi connectivity index (χ4v) is 5.54. The van der Waals surface area contributed by atoms with Gasteiger partial charge in [-0.1, -0.05) is 29.3 Å². The van der Waals surface area contributed by atoms with Crippen LogP contribution in [0.5, 0.6) is 17.2 Å². The first kappa shape index (κ1) is 27.4. The van der Waals surface area contributed by atoms with Gasteiger partial charge in [0.1, 0.15) is 11.5 Å². The maximum Gasteiger partial charge on any atom is 0.295 e. The van der Waals surface area contributed by atoms with E-state index in [9.17, 15) is 14.7 Å². The van der Waals surface area contributed by atoms with Crippen LogP contribution >= 0.6 is 23.2 Å². The second kappa shape index (κ2) is 11.2. The summed E-state index contributed by atoms with van der Waals surface area (Å²) in [5.41, 5.74) is 2.54. The van der Waals surface area contributed by atoms with Gasteiger partial charge in [0, 0.05) is 34.2 Å². The minimum absolute atomic E-state index is 0.0814. The van der Waals surface area contributed by atoms with Gasteiger partial charge in [-0.3, -0.25) is 9.59 Å². The number of aliphatic hydroxyl groups excluding tert-OH is 1. The summed E-state index contributed by atoms with van der Waals surface area (Å²) in [7, 11) is 4.61. The van der Waals surface area contributed by atoms with Crippen LogP contribution in [0.4, 0.5) is 0 Å². The summed E-state index contributed by atoms with van der Waals surface area (Å²) in [6, 6.07) is 14.4. The molecule has 206 valence electrons. The smallest absolute Gasteiger partial charge is 0.295 e. The quantitative estimate of drug-likeness (QED) is 0.147. The van der Waals surface area contributed by atoms with E-state index < -0.39 is 17.7 Å². The molecule has 1 atom stereocenters. The van der Waals surface area contributed by atoms with Crippen molar-refractivity contribution in [3.05, 3.63) is 93.1 Å². The average molecular weight is 581 g/mol. The molecule has 1 aliphatic heterocycles. The first-order valence-electron chi connectivity index (χ1n) is 12.4. The van der Waals surface area contributed by atoms with Crippen molar-refractivity contribution in [3.8, 4) is 17.2 Å². The lowest BCUT2D eigenvalue weighted by atomic mass is 9.94. The number of carbonyl (C=O) groups is 2. The van der Waals surface area contributed by atoms with Crippen LogP contribution < -0.4 is 14.2 Å². The normalized spacial score (nSPS) is 16.5. The number of aliphatic hydroxyl groups is 1. The maximum absolute atomic E-state index is 13.5. The van der Waals surface area contributed by atoms with E-state index in [-0.39, 0.29) is 28.5 Å². The first-order valence-corrected chi connectivity index (χ1v) is 13.1. The number of aromatic amines is 1. The fraction of sp³-hybridized carbons (Fsp3) is 0.200. The molecule has 3 aromatic carbocycles. The Bertz CT molecular complexity index is 1660. The zero-order valence-electron chi connectivity index (χ0n) is 22.0. The van der Waals surface area contributed by atoms with Gasteiger partial charge in [-0.05, 0) is 66.1 Å². The van der Waals surface area contributed by atoms with Gasteiger partial charge in [-0.2, -0.15) is 0 Å². The van der Waals surface area contributed by atoms with Crippen molar-refractivity contribution in [2.45, 2.75) is 12.5 Å². The number of fused-ring (bicyclic) bond motifs is 1. The van der Waals surface area contributed by atoms with Crippen molar-refractivity contribution >= 4 is 51.6 Å². The molecule has 5 rings (SSSR count). The third-order valence-electron chi connectivity index (χ3n) is 7.05. The van der Waals surface area contributed by atoms with E-state index in [1.165, 1.54) is 31.3 Å². The molecule has 2 heterocycles. The van der Waals surface area contributed by atoms with E-state index in [4.69, 9.17) is 37.4 Å². The van der Waals surface area contributed by atoms with Crippen molar-refractivity contribution in [2.75, 3.05) is 27.9 Å². The van der Waals surface area contributed by atoms with Gasteiger partial charge in [-0.15, -0.1) is 0 Å². The van der Waals surface area contributed by atoms with Crippen LogP contribution in [0, 0.1) is 0 Å². The van der Waals surface area contributed by atoms with Crippen LogP contribution in [0.1, 0.15) is 22.7 Å². The van der Waals surface area contributed by atoms with E-state index >= 15 is 0 Å². The molecule has 1 amide bonds. The van der Waals surface area contributed by atoms with Crippen molar-refractivity contribution in [1.29, 1.82) is 0 Å². The number of H-pyrrole nitrogens is 1. The van der Waals surface area contributed by atoms with Gasteiger partial charge < -0.3 is 29.2 Å². The molecule has 8 nitrogen and oxygen atoms in total. The number of benzene rings is 3. The Morgan fingerprint density at radius 1 is 0.950 bits per heavy atom. The molecule has 1 fully saturated rings. The molecule has 40 heavy (non-hydrogen) atoms. The number of amides is 1. The number of nitrogens with zero attached hydrogens (tertiary/aromatic N) is 1. The number of aromatic nitrogens is 1. The third-order valence-corrected chi connectivity index (χ3v) is 7.59. The van der Waals surface area contributed by atoms with Crippen LogP contribution in [0.25, 0.3) is 16.7 Å². The topological polar surface area (TPSA) is 101 Å². The predicted octanol–water partition coefficient (Wildman–Crippen LogP) is 6.16. The van der Waals surface area contributed by atoms with E-state index in [1.54, 1.807) is 31.4 Å². The molecule has 10 heteroatoms. The number of ether oxygens (including phenoxy) is 3. The van der Waals surface area contributed by atoms with Gasteiger partial charge in [-0.25, -0.2) is 0 Å². The summed E-state index contributed by atoms with van der Waals surface area (Å²) in [5.74, 6) is -0.332. The highest BCUT2D eigenvalue weighted by molar-refractivity contribution is 6.47. The monoisotopic (exact) mass is 580 g/mol. The molecule has 0 bridgehead atoms. The zero-order valence-corrected chi connectivity index (χ0v) is 23.5. The number of likely N-dealkylation sites (tertiary alicyclic amines) is 1. The largest absolute Gasteiger partial charge is 0.507 e. The van der Waals surface area contributed by atoms with Gasteiger partial charge in [0.05, 0.1) is 38.0 Å². The molecule has 1 saturated heterocycles. The second-order valence-electron chi connectivity index (χ2n) is 9.21. The lowest BCUT2D eigenvalue weighted by Crippen LogP contribution is -2.31. The number of hydrogen-bond acceptors (Lipinski definition) is 6. The van der Waals surface area contributed by atoms with Crippen LogP contribution in [0.15, 0.2) is 66.4 Å². The third kappa shape index (κ3) is 4.85. The summed E-state index contributed by atoms with van der Waals surface area (Å²) in [5, 5.41) is 12.9. The Kier molecular flexibility index (Phi) is 7.65. The van der Waals surface area contributed by atoms with Gasteiger partial charge >= 0.3 is 0 Å². The molecule has 0 saturated carbocycles. The molecule has 4 aromatic rings. The van der Waals surface area contributed by atoms with Gasteiger partial charge in [0.2, 0.25) is 0 Å². The molecular weight excluding hydrogens is 555 g/mol. The molecule has 1 aliphatic rings. The highest BCUT2D eigenvalue weighted by Crippen LogP contribution is 2.43. The van der Waals surface area contributed by atoms with Crippen LogP contribution in [-0.2, 0) is 16.0 Å². The Morgan fingerprint density at radius 3 is 2.42 bits per heavy atom. The van der Waals surface area contributed by atoms with Crippen molar-refractivity contribution in [2.24, 2.45) is 0 Å². The van der Waals surface area contributed by atoms with Crippen molar-refractivity contribution in [3.63, 3.8) is 0 Å².